The number of primary amides is 1. The molecule has 3 N–H and O–H groups in total. The van der Waals surface area contributed by atoms with Crippen molar-refractivity contribution in [1.82, 2.24) is 0 Å². The highest BCUT2D eigenvalue weighted by Crippen LogP contribution is 2.23. The van der Waals surface area contributed by atoms with Crippen molar-refractivity contribution in [3.05, 3.63) is 63.7 Å². The highest BCUT2D eigenvalue weighted by Gasteiger charge is 2.05. The Morgan fingerprint density at radius 2 is 1.95 bits per heavy atom. The number of hydrogen-bond acceptors (Lipinski definition) is 2. The lowest BCUT2D eigenvalue weighted by Crippen LogP contribution is -2.11. The molecule has 2 aromatic carbocycles. The molecule has 0 atom stereocenters. The minimum absolute atomic E-state index is 0.408. The Bertz CT molecular complexity index is 653. The van der Waals surface area contributed by atoms with Gasteiger partial charge in [-0.05, 0) is 54.8 Å². The molecular formula is C16H17ClN2O. The van der Waals surface area contributed by atoms with Crippen molar-refractivity contribution in [2.45, 2.75) is 20.4 Å². The number of amides is 1. The summed E-state index contributed by atoms with van der Waals surface area (Å²) < 4.78 is 0. The van der Waals surface area contributed by atoms with Crippen LogP contribution in [0.5, 0.6) is 0 Å². The second-order valence-corrected chi connectivity index (χ2v) is 5.25. The average molecular weight is 289 g/mol. The van der Waals surface area contributed by atoms with E-state index in [4.69, 9.17) is 17.3 Å². The molecule has 0 radical (unpaired) electrons. The molecule has 104 valence electrons. The summed E-state index contributed by atoms with van der Waals surface area (Å²) in [7, 11) is 0. The third-order valence-electron chi connectivity index (χ3n) is 3.22. The first-order valence-corrected chi connectivity index (χ1v) is 6.74. The van der Waals surface area contributed by atoms with Gasteiger partial charge in [-0.2, -0.15) is 0 Å². The van der Waals surface area contributed by atoms with Gasteiger partial charge < -0.3 is 11.1 Å². The summed E-state index contributed by atoms with van der Waals surface area (Å²) in [6.45, 7) is 4.61. The third-order valence-corrected chi connectivity index (χ3v) is 3.53. The van der Waals surface area contributed by atoms with Crippen molar-refractivity contribution < 1.29 is 4.79 Å². The van der Waals surface area contributed by atoms with Gasteiger partial charge >= 0.3 is 0 Å². The first kappa shape index (κ1) is 14.4. The molecule has 0 aliphatic heterocycles. The molecule has 0 heterocycles. The van der Waals surface area contributed by atoms with Crippen LogP contribution in [-0.4, -0.2) is 5.91 Å². The lowest BCUT2D eigenvalue weighted by Gasteiger charge is -2.11. The maximum absolute atomic E-state index is 11.1. The summed E-state index contributed by atoms with van der Waals surface area (Å²) in [6.07, 6.45) is 0. The van der Waals surface area contributed by atoms with Gasteiger partial charge in [0.2, 0.25) is 5.91 Å². The van der Waals surface area contributed by atoms with Gasteiger partial charge in [0.25, 0.3) is 0 Å². The number of aryl methyl sites for hydroxylation is 2. The van der Waals surface area contributed by atoms with E-state index < -0.39 is 5.91 Å². The molecule has 0 aliphatic rings. The number of carbonyl (C=O) groups excluding carboxylic acids is 1. The Balaban J connectivity index is 2.13. The van der Waals surface area contributed by atoms with Crippen LogP contribution in [0.2, 0.25) is 5.02 Å². The van der Waals surface area contributed by atoms with Crippen LogP contribution in [0.15, 0.2) is 36.4 Å². The van der Waals surface area contributed by atoms with E-state index in [0.29, 0.717) is 17.1 Å². The minimum atomic E-state index is -0.408. The fourth-order valence-corrected chi connectivity index (χ4v) is 2.30. The summed E-state index contributed by atoms with van der Waals surface area (Å²) in [5.41, 5.74) is 9.94. The summed E-state index contributed by atoms with van der Waals surface area (Å²) >= 11 is 6.18. The highest BCUT2D eigenvalue weighted by molar-refractivity contribution is 6.33. The molecule has 2 rings (SSSR count). The van der Waals surface area contributed by atoms with E-state index in [9.17, 15) is 4.79 Å². The molecule has 4 heteroatoms. The predicted octanol–water partition coefficient (Wildman–Crippen LogP) is 3.67. The third kappa shape index (κ3) is 3.31. The number of nitrogens with one attached hydrogen (secondary N) is 1. The molecule has 0 unspecified atom stereocenters. The number of rotatable bonds is 4. The first-order valence-electron chi connectivity index (χ1n) is 6.36. The quantitative estimate of drug-likeness (QED) is 0.902. The van der Waals surface area contributed by atoms with Gasteiger partial charge in [-0.25, -0.2) is 0 Å². The number of carbonyl (C=O) groups is 1. The fraction of sp³-hybridized carbons (Fsp3) is 0.188. The second-order valence-electron chi connectivity index (χ2n) is 4.84. The molecule has 20 heavy (non-hydrogen) atoms. The second kappa shape index (κ2) is 5.97. The molecule has 0 fully saturated rings. The Kier molecular flexibility index (Phi) is 4.30. The maximum Gasteiger partial charge on any atom is 0.248 e. The van der Waals surface area contributed by atoms with Gasteiger partial charge in [0.1, 0.15) is 0 Å². The van der Waals surface area contributed by atoms with Crippen LogP contribution >= 0.6 is 11.6 Å². The zero-order chi connectivity index (χ0) is 14.7. The molecule has 0 aliphatic carbocycles. The van der Waals surface area contributed by atoms with Gasteiger partial charge in [-0.15, -0.1) is 0 Å². The van der Waals surface area contributed by atoms with Gasteiger partial charge in [0.05, 0.1) is 10.7 Å². The van der Waals surface area contributed by atoms with Crippen LogP contribution in [0.3, 0.4) is 0 Å². The average Bonchev–Trinajstić information content (AvgIpc) is 2.38. The lowest BCUT2D eigenvalue weighted by atomic mass is 10.0. The summed E-state index contributed by atoms with van der Waals surface area (Å²) in [4.78, 5) is 11.1. The molecule has 0 spiro atoms. The fourth-order valence-electron chi connectivity index (χ4n) is 2.00. The first-order chi connectivity index (χ1) is 9.47. The van der Waals surface area contributed by atoms with Gasteiger partial charge in [0, 0.05) is 12.1 Å². The molecular weight excluding hydrogens is 272 g/mol. The van der Waals surface area contributed by atoms with Gasteiger partial charge in [0.15, 0.2) is 0 Å². The van der Waals surface area contributed by atoms with Crippen molar-refractivity contribution in [2.75, 3.05) is 5.32 Å². The van der Waals surface area contributed by atoms with E-state index in [2.05, 4.69) is 5.32 Å². The van der Waals surface area contributed by atoms with E-state index >= 15 is 0 Å². The zero-order valence-corrected chi connectivity index (χ0v) is 12.3. The lowest BCUT2D eigenvalue weighted by molar-refractivity contribution is 0.1000. The van der Waals surface area contributed by atoms with E-state index in [0.717, 1.165) is 22.4 Å². The van der Waals surface area contributed by atoms with E-state index in [1.54, 1.807) is 12.1 Å². The predicted molar refractivity (Wildman–Crippen MR) is 83.2 cm³/mol. The highest BCUT2D eigenvalue weighted by atomic mass is 35.5. The normalized spacial score (nSPS) is 10.3. The van der Waals surface area contributed by atoms with Crippen LogP contribution in [0.1, 0.15) is 27.0 Å². The number of benzene rings is 2. The van der Waals surface area contributed by atoms with Crippen molar-refractivity contribution in [2.24, 2.45) is 5.73 Å². The summed E-state index contributed by atoms with van der Waals surface area (Å²) in [5, 5.41) is 4.00. The largest absolute Gasteiger partial charge is 0.380 e. The zero-order valence-electron chi connectivity index (χ0n) is 11.5. The smallest absolute Gasteiger partial charge is 0.248 e. The molecule has 2 aromatic rings. The number of hydrogen-bond donors (Lipinski definition) is 2. The van der Waals surface area contributed by atoms with Gasteiger partial charge in [-0.1, -0.05) is 23.7 Å². The molecule has 3 nitrogen and oxygen atoms in total. The SMILES string of the molecule is Cc1ccc(NCc2ccc(C(N)=O)cc2C)c(Cl)c1. The van der Waals surface area contributed by atoms with Crippen molar-refractivity contribution >= 4 is 23.2 Å². The van der Waals surface area contributed by atoms with Crippen molar-refractivity contribution in [3.8, 4) is 0 Å². The summed E-state index contributed by atoms with van der Waals surface area (Å²) in [5.74, 6) is -0.408. The number of nitrogens with two attached hydrogens (primary N) is 1. The Hall–Kier alpha value is -2.00. The Morgan fingerprint density at radius 3 is 2.55 bits per heavy atom. The molecule has 0 bridgehead atoms. The van der Waals surface area contributed by atoms with Crippen LogP contribution in [-0.2, 0) is 6.54 Å². The number of halogens is 1. The maximum atomic E-state index is 11.1. The summed E-state index contributed by atoms with van der Waals surface area (Å²) in [6, 6.07) is 11.3. The Morgan fingerprint density at radius 1 is 1.20 bits per heavy atom. The topological polar surface area (TPSA) is 55.1 Å². The molecule has 1 amide bonds. The van der Waals surface area contributed by atoms with E-state index in [1.165, 1.54) is 0 Å². The van der Waals surface area contributed by atoms with Crippen LogP contribution < -0.4 is 11.1 Å². The molecule has 0 aromatic heterocycles. The number of anilines is 1. The molecule has 0 saturated carbocycles. The standard InChI is InChI=1S/C16H17ClN2O/c1-10-3-6-15(14(17)7-10)19-9-13-5-4-12(16(18)20)8-11(13)2/h3-8,19H,9H2,1-2H3,(H2,18,20). The monoisotopic (exact) mass is 288 g/mol. The van der Waals surface area contributed by atoms with Gasteiger partial charge in [-0.3, -0.25) is 4.79 Å². The van der Waals surface area contributed by atoms with Crippen LogP contribution in [0.4, 0.5) is 5.69 Å². The van der Waals surface area contributed by atoms with E-state index in [1.807, 2.05) is 38.1 Å². The van der Waals surface area contributed by atoms with E-state index in [-0.39, 0.29) is 0 Å². The van der Waals surface area contributed by atoms with Crippen LogP contribution in [0.25, 0.3) is 0 Å². The van der Waals surface area contributed by atoms with Crippen molar-refractivity contribution in [1.29, 1.82) is 0 Å². The van der Waals surface area contributed by atoms with Crippen LogP contribution in [0, 0.1) is 13.8 Å². The van der Waals surface area contributed by atoms with Crippen molar-refractivity contribution in [3.63, 3.8) is 0 Å². The molecule has 0 saturated heterocycles. The Labute approximate surface area is 123 Å². The minimum Gasteiger partial charge on any atom is -0.380 e.